The molecule has 4 rings (SSSR count). The Morgan fingerprint density at radius 1 is 1.08 bits per heavy atom. The zero-order chi connectivity index (χ0) is 26.7. The number of carbonyl (C=O) groups excluding carboxylic acids is 2. The number of thiophene rings is 1. The average molecular weight is 582 g/mol. The summed E-state index contributed by atoms with van der Waals surface area (Å²) in [5.74, 6) is -1.13. The Morgan fingerprint density at radius 3 is 2.49 bits per heavy atom. The number of aryl methyl sites for hydroxylation is 2. The number of nitrogens with zero attached hydrogens (tertiary/aromatic N) is 1. The molecule has 37 heavy (non-hydrogen) atoms. The summed E-state index contributed by atoms with van der Waals surface area (Å²) in [6.45, 7) is 3.18. The fourth-order valence-corrected chi connectivity index (χ4v) is 7.35. The second-order valence-corrected chi connectivity index (χ2v) is 12.4. The van der Waals surface area contributed by atoms with Gasteiger partial charge in [0.2, 0.25) is 5.91 Å². The van der Waals surface area contributed by atoms with Crippen molar-refractivity contribution in [2.45, 2.75) is 44.4 Å². The number of hydrogen-bond donors (Lipinski definition) is 1. The molecule has 0 spiro atoms. The van der Waals surface area contributed by atoms with E-state index in [1.54, 1.807) is 19.1 Å². The van der Waals surface area contributed by atoms with Crippen LogP contribution in [0.15, 0.2) is 47.4 Å². The quantitative estimate of drug-likeness (QED) is 0.318. The third-order valence-electron chi connectivity index (χ3n) is 5.98. The molecule has 2 aromatic carbocycles. The number of halogens is 2. The number of ether oxygens (including phenoxy) is 1. The van der Waals surface area contributed by atoms with Crippen molar-refractivity contribution in [2.75, 3.05) is 22.8 Å². The number of rotatable bonds is 8. The first kappa shape index (κ1) is 27.4. The maximum Gasteiger partial charge on any atom is 0.341 e. The highest BCUT2D eigenvalue weighted by Crippen LogP contribution is 2.39. The Balaban J connectivity index is 1.71. The van der Waals surface area contributed by atoms with E-state index in [4.69, 9.17) is 27.9 Å². The lowest BCUT2D eigenvalue weighted by Crippen LogP contribution is -2.38. The molecule has 0 unspecified atom stereocenters. The van der Waals surface area contributed by atoms with Gasteiger partial charge in [-0.3, -0.25) is 9.10 Å². The second-order valence-electron chi connectivity index (χ2n) is 8.60. The zero-order valence-electron chi connectivity index (χ0n) is 20.3. The van der Waals surface area contributed by atoms with Crippen LogP contribution in [0.4, 0.5) is 10.7 Å². The van der Waals surface area contributed by atoms with E-state index >= 15 is 0 Å². The van der Waals surface area contributed by atoms with E-state index in [-0.39, 0.29) is 27.2 Å². The molecule has 0 radical (unpaired) electrons. The van der Waals surface area contributed by atoms with Crippen molar-refractivity contribution in [2.24, 2.45) is 0 Å². The standard InChI is InChI=1S/C26H26Cl2N2O5S2/c1-3-35-26(32)24-19-6-4-5-7-22(19)36-25(24)29-23(31)15-30(21-14-17(27)10-13-20(21)28)37(33,34)18-11-8-16(2)9-12-18/h8-14H,3-7,15H2,1-2H3,(H,29,31). The summed E-state index contributed by atoms with van der Waals surface area (Å²) in [6.07, 6.45) is 3.48. The number of nitrogens with one attached hydrogen (secondary N) is 1. The maximum atomic E-state index is 13.7. The molecule has 7 nitrogen and oxygen atoms in total. The molecule has 1 amide bonds. The van der Waals surface area contributed by atoms with Gasteiger partial charge in [0.25, 0.3) is 10.0 Å². The highest BCUT2D eigenvalue weighted by Gasteiger charge is 2.31. The number of carbonyl (C=O) groups is 2. The molecule has 1 N–H and O–H groups in total. The van der Waals surface area contributed by atoms with Crippen LogP contribution in [0.25, 0.3) is 0 Å². The van der Waals surface area contributed by atoms with Crippen molar-refractivity contribution in [3.63, 3.8) is 0 Å². The van der Waals surface area contributed by atoms with E-state index in [0.29, 0.717) is 10.6 Å². The third-order valence-corrected chi connectivity index (χ3v) is 9.51. The van der Waals surface area contributed by atoms with Crippen LogP contribution in [0.2, 0.25) is 10.0 Å². The van der Waals surface area contributed by atoms with Gasteiger partial charge >= 0.3 is 5.97 Å². The minimum absolute atomic E-state index is 0.000687. The fraction of sp³-hybridized carbons (Fsp3) is 0.308. The molecule has 1 aliphatic rings. The molecule has 1 aliphatic carbocycles. The van der Waals surface area contributed by atoms with Crippen molar-refractivity contribution in [1.29, 1.82) is 0 Å². The van der Waals surface area contributed by atoms with Gasteiger partial charge in [-0.15, -0.1) is 11.3 Å². The van der Waals surface area contributed by atoms with E-state index in [2.05, 4.69) is 5.32 Å². The highest BCUT2D eigenvalue weighted by molar-refractivity contribution is 7.92. The van der Waals surface area contributed by atoms with Gasteiger partial charge < -0.3 is 10.1 Å². The predicted molar refractivity (Wildman–Crippen MR) is 148 cm³/mol. The third kappa shape index (κ3) is 5.95. The molecule has 0 aliphatic heterocycles. The molecule has 0 fully saturated rings. The molecule has 3 aromatic rings. The van der Waals surface area contributed by atoms with Crippen LogP contribution in [0, 0.1) is 6.92 Å². The maximum absolute atomic E-state index is 13.7. The molecule has 11 heteroatoms. The lowest BCUT2D eigenvalue weighted by molar-refractivity contribution is -0.114. The van der Waals surface area contributed by atoms with Gasteiger partial charge in [0.1, 0.15) is 11.5 Å². The van der Waals surface area contributed by atoms with Crippen LogP contribution in [-0.2, 0) is 32.4 Å². The van der Waals surface area contributed by atoms with Gasteiger partial charge in [0.05, 0.1) is 27.8 Å². The largest absolute Gasteiger partial charge is 0.462 e. The number of benzene rings is 2. The van der Waals surface area contributed by atoms with E-state index in [1.807, 2.05) is 6.92 Å². The molecule has 0 saturated carbocycles. The fourth-order valence-electron chi connectivity index (χ4n) is 4.18. The Labute approximate surface area is 230 Å². The Hall–Kier alpha value is -2.59. The monoisotopic (exact) mass is 580 g/mol. The predicted octanol–water partition coefficient (Wildman–Crippen LogP) is 6.25. The number of anilines is 2. The lowest BCUT2D eigenvalue weighted by Gasteiger charge is -2.25. The SMILES string of the molecule is CCOC(=O)c1c(NC(=O)CN(c2cc(Cl)ccc2Cl)S(=O)(=O)c2ccc(C)cc2)sc2c1CCCC2. The van der Waals surface area contributed by atoms with Crippen LogP contribution in [0.1, 0.15) is 46.1 Å². The van der Waals surface area contributed by atoms with Gasteiger partial charge in [-0.1, -0.05) is 40.9 Å². The molecule has 1 heterocycles. The zero-order valence-corrected chi connectivity index (χ0v) is 23.5. The van der Waals surface area contributed by atoms with E-state index in [9.17, 15) is 18.0 Å². The molecular weight excluding hydrogens is 555 g/mol. The van der Waals surface area contributed by atoms with Crippen LogP contribution in [0.5, 0.6) is 0 Å². The Bertz CT molecular complexity index is 1440. The first-order valence-corrected chi connectivity index (χ1v) is 14.8. The highest BCUT2D eigenvalue weighted by atomic mass is 35.5. The van der Waals surface area contributed by atoms with Gasteiger partial charge in [0, 0.05) is 9.90 Å². The number of esters is 1. The summed E-state index contributed by atoms with van der Waals surface area (Å²) in [5.41, 5.74) is 2.20. The van der Waals surface area contributed by atoms with E-state index in [0.717, 1.165) is 46.0 Å². The van der Waals surface area contributed by atoms with Crippen molar-refractivity contribution >= 4 is 67.1 Å². The normalized spacial score (nSPS) is 13.1. The minimum atomic E-state index is -4.19. The van der Waals surface area contributed by atoms with Crippen molar-refractivity contribution in [1.82, 2.24) is 0 Å². The summed E-state index contributed by atoms with van der Waals surface area (Å²) in [5, 5.41) is 3.51. The number of fused-ring (bicyclic) bond motifs is 1. The van der Waals surface area contributed by atoms with Gasteiger partial charge in [-0.05, 0) is 75.4 Å². The summed E-state index contributed by atoms with van der Waals surface area (Å²) in [4.78, 5) is 27.1. The number of hydrogen-bond acceptors (Lipinski definition) is 6. The summed E-state index contributed by atoms with van der Waals surface area (Å²) in [7, 11) is -4.19. The smallest absolute Gasteiger partial charge is 0.341 e. The average Bonchev–Trinajstić information content (AvgIpc) is 3.22. The van der Waals surface area contributed by atoms with Gasteiger partial charge in [-0.25, -0.2) is 13.2 Å². The second kappa shape index (κ2) is 11.4. The molecule has 196 valence electrons. The van der Waals surface area contributed by atoms with Crippen LogP contribution in [0.3, 0.4) is 0 Å². The van der Waals surface area contributed by atoms with Crippen LogP contribution in [-0.4, -0.2) is 33.4 Å². The Kier molecular flexibility index (Phi) is 8.48. The first-order chi connectivity index (χ1) is 17.6. The minimum Gasteiger partial charge on any atom is -0.462 e. The topological polar surface area (TPSA) is 92.8 Å². The molecule has 0 bridgehead atoms. The summed E-state index contributed by atoms with van der Waals surface area (Å²) in [6, 6.07) is 10.7. The molecule has 1 aromatic heterocycles. The Morgan fingerprint density at radius 2 is 1.78 bits per heavy atom. The number of amides is 1. The van der Waals surface area contributed by atoms with Gasteiger partial charge in [-0.2, -0.15) is 0 Å². The van der Waals surface area contributed by atoms with Gasteiger partial charge in [0.15, 0.2) is 0 Å². The summed E-state index contributed by atoms with van der Waals surface area (Å²) >= 11 is 13.9. The van der Waals surface area contributed by atoms with Crippen LogP contribution >= 0.6 is 34.5 Å². The van der Waals surface area contributed by atoms with Crippen molar-refractivity contribution in [3.05, 3.63) is 74.1 Å². The van der Waals surface area contributed by atoms with E-state index < -0.39 is 28.4 Å². The lowest BCUT2D eigenvalue weighted by atomic mass is 9.95. The van der Waals surface area contributed by atoms with Crippen LogP contribution < -0.4 is 9.62 Å². The molecular formula is C26H26Cl2N2O5S2. The first-order valence-electron chi connectivity index (χ1n) is 11.8. The van der Waals surface area contributed by atoms with Crippen molar-refractivity contribution in [3.8, 4) is 0 Å². The van der Waals surface area contributed by atoms with E-state index in [1.165, 1.54) is 41.7 Å². The summed E-state index contributed by atoms with van der Waals surface area (Å²) < 4.78 is 33.6. The molecule has 0 saturated heterocycles. The van der Waals surface area contributed by atoms with Crippen molar-refractivity contribution < 1.29 is 22.7 Å². The molecule has 0 atom stereocenters. The number of sulfonamides is 1.